The molecule has 1 aromatic rings. The third-order valence-corrected chi connectivity index (χ3v) is 4.80. The Morgan fingerprint density at radius 2 is 2.35 bits per heavy atom. The SMILES string of the molecule is CCOC(=O)C1CNCCN1S(=O)(=O)c1cn(C)cn1. The van der Waals surface area contributed by atoms with Crippen molar-refractivity contribution in [2.75, 3.05) is 26.2 Å². The maximum Gasteiger partial charge on any atom is 0.325 e. The van der Waals surface area contributed by atoms with Gasteiger partial charge in [0.25, 0.3) is 10.0 Å². The largest absolute Gasteiger partial charge is 0.465 e. The molecule has 0 radical (unpaired) electrons. The molecule has 20 heavy (non-hydrogen) atoms. The summed E-state index contributed by atoms with van der Waals surface area (Å²) in [5.41, 5.74) is 0. The van der Waals surface area contributed by atoms with Gasteiger partial charge < -0.3 is 14.6 Å². The maximum atomic E-state index is 12.5. The first-order valence-corrected chi connectivity index (χ1v) is 7.78. The molecule has 1 aliphatic heterocycles. The van der Waals surface area contributed by atoms with E-state index >= 15 is 0 Å². The Balaban J connectivity index is 2.29. The fourth-order valence-corrected chi connectivity index (χ4v) is 3.60. The van der Waals surface area contributed by atoms with E-state index in [0.29, 0.717) is 6.54 Å². The van der Waals surface area contributed by atoms with Crippen LogP contribution in [0.1, 0.15) is 6.92 Å². The number of hydrogen-bond donors (Lipinski definition) is 1. The first-order chi connectivity index (χ1) is 9.46. The number of rotatable bonds is 4. The third-order valence-electron chi connectivity index (χ3n) is 3.01. The van der Waals surface area contributed by atoms with Crippen LogP contribution in [0.5, 0.6) is 0 Å². The molecule has 1 unspecified atom stereocenters. The van der Waals surface area contributed by atoms with E-state index in [1.54, 1.807) is 18.5 Å². The highest BCUT2D eigenvalue weighted by molar-refractivity contribution is 7.89. The zero-order valence-electron chi connectivity index (χ0n) is 11.4. The minimum absolute atomic E-state index is 0.0591. The second-order valence-corrected chi connectivity index (χ2v) is 6.30. The van der Waals surface area contributed by atoms with Gasteiger partial charge in [-0.05, 0) is 6.92 Å². The van der Waals surface area contributed by atoms with Gasteiger partial charge in [-0.3, -0.25) is 4.79 Å². The van der Waals surface area contributed by atoms with Crippen molar-refractivity contribution in [2.45, 2.75) is 18.0 Å². The molecule has 1 fully saturated rings. The Hall–Kier alpha value is -1.45. The van der Waals surface area contributed by atoms with Crippen molar-refractivity contribution in [1.82, 2.24) is 19.2 Å². The Bertz CT molecular complexity index is 583. The van der Waals surface area contributed by atoms with Gasteiger partial charge in [-0.25, -0.2) is 13.4 Å². The maximum absolute atomic E-state index is 12.5. The molecule has 1 atom stereocenters. The zero-order valence-corrected chi connectivity index (χ0v) is 12.3. The molecule has 0 aromatic carbocycles. The number of piperazine rings is 1. The van der Waals surface area contributed by atoms with Crippen molar-refractivity contribution in [1.29, 1.82) is 0 Å². The van der Waals surface area contributed by atoms with Gasteiger partial charge in [0.1, 0.15) is 6.04 Å². The Labute approximate surface area is 117 Å². The lowest BCUT2D eigenvalue weighted by Gasteiger charge is -2.32. The Kier molecular flexibility index (Phi) is 4.41. The number of nitrogens with one attached hydrogen (secondary N) is 1. The summed E-state index contributed by atoms with van der Waals surface area (Å²) in [4.78, 5) is 15.8. The summed E-state index contributed by atoms with van der Waals surface area (Å²) in [5, 5.41) is 2.94. The van der Waals surface area contributed by atoms with Crippen LogP contribution in [-0.4, -0.2) is 60.5 Å². The number of ether oxygens (including phenoxy) is 1. The summed E-state index contributed by atoms with van der Waals surface area (Å²) in [6, 6.07) is -0.851. The number of sulfonamides is 1. The van der Waals surface area contributed by atoms with Crippen LogP contribution in [0, 0.1) is 0 Å². The number of hydrogen-bond acceptors (Lipinski definition) is 6. The van der Waals surface area contributed by atoms with Crippen molar-refractivity contribution >= 4 is 16.0 Å². The summed E-state index contributed by atoms with van der Waals surface area (Å²) >= 11 is 0. The quantitative estimate of drug-likeness (QED) is 0.713. The molecule has 0 spiro atoms. The Morgan fingerprint density at radius 3 is 2.95 bits per heavy atom. The van der Waals surface area contributed by atoms with E-state index in [1.807, 2.05) is 0 Å². The van der Waals surface area contributed by atoms with Gasteiger partial charge in [0.05, 0.1) is 12.9 Å². The monoisotopic (exact) mass is 302 g/mol. The van der Waals surface area contributed by atoms with E-state index in [4.69, 9.17) is 4.74 Å². The third kappa shape index (κ3) is 2.84. The first-order valence-electron chi connectivity index (χ1n) is 6.34. The number of carbonyl (C=O) groups is 1. The van der Waals surface area contributed by atoms with Gasteiger partial charge in [0, 0.05) is 32.9 Å². The lowest BCUT2D eigenvalue weighted by molar-refractivity contribution is -0.148. The van der Waals surface area contributed by atoms with Crippen LogP contribution in [0.2, 0.25) is 0 Å². The van der Waals surface area contributed by atoms with Crippen molar-refractivity contribution in [3.8, 4) is 0 Å². The summed E-state index contributed by atoms with van der Waals surface area (Å²) in [5.74, 6) is -0.542. The molecule has 1 N–H and O–H groups in total. The van der Waals surface area contributed by atoms with Gasteiger partial charge >= 0.3 is 5.97 Å². The number of esters is 1. The standard InChI is InChI=1S/C11H18N4O4S/c1-3-19-11(16)9-6-12-4-5-15(9)20(17,18)10-7-14(2)8-13-10/h7-9,12H,3-6H2,1-2H3. The zero-order chi connectivity index (χ0) is 14.8. The molecular formula is C11H18N4O4S. The highest BCUT2D eigenvalue weighted by Gasteiger charge is 2.39. The van der Waals surface area contributed by atoms with Gasteiger partial charge in [0.15, 0.2) is 5.03 Å². The predicted octanol–water partition coefficient (Wildman–Crippen LogP) is -1.05. The van der Waals surface area contributed by atoms with Crippen LogP contribution in [0.3, 0.4) is 0 Å². The molecule has 112 valence electrons. The molecule has 1 saturated heterocycles. The summed E-state index contributed by atoms with van der Waals surface area (Å²) in [7, 11) is -2.11. The van der Waals surface area contributed by atoms with Crippen LogP contribution < -0.4 is 5.32 Å². The number of aryl methyl sites for hydroxylation is 1. The second-order valence-electron chi connectivity index (χ2n) is 4.47. The lowest BCUT2D eigenvalue weighted by atomic mass is 10.2. The van der Waals surface area contributed by atoms with E-state index in [2.05, 4.69) is 10.3 Å². The minimum Gasteiger partial charge on any atom is -0.465 e. The molecule has 0 bridgehead atoms. The average molecular weight is 302 g/mol. The van der Waals surface area contributed by atoms with Gasteiger partial charge in [-0.1, -0.05) is 0 Å². The molecule has 1 aromatic heterocycles. The van der Waals surface area contributed by atoms with Crippen LogP contribution in [0.4, 0.5) is 0 Å². The second kappa shape index (κ2) is 5.90. The van der Waals surface area contributed by atoms with Gasteiger partial charge in [-0.15, -0.1) is 0 Å². The lowest BCUT2D eigenvalue weighted by Crippen LogP contribution is -2.57. The molecule has 0 aliphatic carbocycles. The van der Waals surface area contributed by atoms with Crippen LogP contribution >= 0.6 is 0 Å². The molecule has 0 saturated carbocycles. The highest BCUT2D eigenvalue weighted by atomic mass is 32.2. The molecule has 2 heterocycles. The summed E-state index contributed by atoms with van der Waals surface area (Å²) in [6.07, 6.45) is 2.83. The molecule has 1 aliphatic rings. The van der Waals surface area contributed by atoms with Crippen LogP contribution in [-0.2, 0) is 26.6 Å². The topological polar surface area (TPSA) is 93.5 Å². The number of carbonyl (C=O) groups excluding carboxylic acids is 1. The number of aromatic nitrogens is 2. The fraction of sp³-hybridized carbons (Fsp3) is 0.636. The van der Waals surface area contributed by atoms with Crippen LogP contribution in [0.15, 0.2) is 17.6 Å². The van der Waals surface area contributed by atoms with Gasteiger partial charge in [-0.2, -0.15) is 4.31 Å². The number of imidazole rings is 1. The van der Waals surface area contributed by atoms with E-state index < -0.39 is 22.0 Å². The van der Waals surface area contributed by atoms with E-state index in [-0.39, 0.29) is 24.7 Å². The Morgan fingerprint density at radius 1 is 1.60 bits per heavy atom. The van der Waals surface area contributed by atoms with Crippen molar-refractivity contribution in [3.05, 3.63) is 12.5 Å². The average Bonchev–Trinajstić information content (AvgIpc) is 2.86. The van der Waals surface area contributed by atoms with Crippen molar-refractivity contribution in [2.24, 2.45) is 7.05 Å². The first kappa shape index (κ1) is 14.9. The molecule has 0 amide bonds. The van der Waals surface area contributed by atoms with E-state index in [0.717, 1.165) is 4.31 Å². The summed E-state index contributed by atoms with van der Waals surface area (Å²) < 4.78 is 32.7. The molecular weight excluding hydrogens is 284 g/mol. The van der Waals surface area contributed by atoms with E-state index in [1.165, 1.54) is 12.5 Å². The predicted molar refractivity (Wildman–Crippen MR) is 70.4 cm³/mol. The highest BCUT2D eigenvalue weighted by Crippen LogP contribution is 2.18. The van der Waals surface area contributed by atoms with E-state index in [9.17, 15) is 13.2 Å². The minimum atomic E-state index is -3.79. The van der Waals surface area contributed by atoms with Crippen molar-refractivity contribution < 1.29 is 17.9 Å². The summed E-state index contributed by atoms with van der Waals surface area (Å²) in [6.45, 7) is 2.84. The smallest absolute Gasteiger partial charge is 0.325 e. The molecule has 2 rings (SSSR count). The fourth-order valence-electron chi connectivity index (χ4n) is 2.05. The molecule has 8 nitrogen and oxygen atoms in total. The van der Waals surface area contributed by atoms with Crippen LogP contribution in [0.25, 0.3) is 0 Å². The van der Waals surface area contributed by atoms with Gasteiger partial charge in [0.2, 0.25) is 0 Å². The molecule has 9 heteroatoms. The number of nitrogens with zero attached hydrogens (tertiary/aromatic N) is 3. The normalized spacial score (nSPS) is 20.8. The van der Waals surface area contributed by atoms with Crippen molar-refractivity contribution in [3.63, 3.8) is 0 Å².